The van der Waals surface area contributed by atoms with Gasteiger partial charge in [0.15, 0.2) is 0 Å². The molecule has 0 heterocycles. The molecule has 3 nitrogen and oxygen atoms in total. The van der Waals surface area contributed by atoms with Crippen LogP contribution >= 0.6 is 7.60 Å². The summed E-state index contributed by atoms with van der Waals surface area (Å²) in [5.41, 5.74) is 0. The van der Waals surface area contributed by atoms with Gasteiger partial charge < -0.3 is 9.42 Å². The molecule has 0 fully saturated rings. The normalized spacial score (nSPS) is 15.4. The summed E-state index contributed by atoms with van der Waals surface area (Å²) in [5, 5.41) is -0.396. The van der Waals surface area contributed by atoms with Crippen LogP contribution in [0.2, 0.25) is 0 Å². The Hall–Kier alpha value is -0.770. The van der Waals surface area contributed by atoms with Crippen molar-refractivity contribution < 1.29 is 22.8 Å². The molecule has 0 aliphatic rings. The van der Waals surface area contributed by atoms with Gasteiger partial charge in [-0.3, -0.25) is 4.57 Å². The van der Waals surface area contributed by atoms with Gasteiger partial charge in [-0.1, -0.05) is 0 Å². The second kappa shape index (κ2) is 3.54. The molecular formula is C7H7F2O3P. The third-order valence-electron chi connectivity index (χ3n) is 1.42. The lowest BCUT2D eigenvalue weighted by Crippen LogP contribution is -2.07. The number of hydrogen-bond acceptors (Lipinski definition) is 2. The van der Waals surface area contributed by atoms with Crippen molar-refractivity contribution >= 4 is 12.9 Å². The summed E-state index contributed by atoms with van der Waals surface area (Å²) in [4.78, 5) is 9.04. The molecule has 0 aliphatic carbocycles. The van der Waals surface area contributed by atoms with Crippen molar-refractivity contribution in [2.75, 3.05) is 7.11 Å². The van der Waals surface area contributed by atoms with Gasteiger partial charge in [-0.2, -0.15) is 0 Å². The summed E-state index contributed by atoms with van der Waals surface area (Å²) >= 11 is 0. The highest BCUT2D eigenvalue weighted by atomic mass is 31.2. The SMILES string of the molecule is COP(=O)(O)c1cc(F)cc(F)c1. The molecule has 0 radical (unpaired) electrons. The average Bonchev–Trinajstić information content (AvgIpc) is 2.02. The van der Waals surface area contributed by atoms with Crippen LogP contribution in [-0.2, 0) is 9.09 Å². The fourth-order valence-corrected chi connectivity index (χ4v) is 1.59. The van der Waals surface area contributed by atoms with Crippen LogP contribution in [0.15, 0.2) is 18.2 Å². The van der Waals surface area contributed by atoms with E-state index in [1.165, 1.54) is 0 Å². The zero-order valence-electron chi connectivity index (χ0n) is 6.70. The zero-order chi connectivity index (χ0) is 10.1. The fourth-order valence-electron chi connectivity index (χ4n) is 0.808. The fraction of sp³-hybridized carbons (Fsp3) is 0.143. The van der Waals surface area contributed by atoms with Crippen LogP contribution in [0.25, 0.3) is 0 Å². The van der Waals surface area contributed by atoms with Gasteiger partial charge in [0.25, 0.3) is 0 Å². The van der Waals surface area contributed by atoms with Crippen LogP contribution in [-0.4, -0.2) is 12.0 Å². The van der Waals surface area contributed by atoms with E-state index >= 15 is 0 Å². The Morgan fingerprint density at radius 3 is 2.15 bits per heavy atom. The predicted octanol–water partition coefficient (Wildman–Crippen LogP) is 1.42. The van der Waals surface area contributed by atoms with Gasteiger partial charge in [-0.25, -0.2) is 8.78 Å². The minimum absolute atomic E-state index is 0.396. The van der Waals surface area contributed by atoms with E-state index in [0.717, 1.165) is 19.2 Å². The molecule has 1 aromatic rings. The molecule has 6 heteroatoms. The van der Waals surface area contributed by atoms with E-state index in [-0.39, 0.29) is 0 Å². The number of rotatable bonds is 2. The smallest absolute Gasteiger partial charge is 0.321 e. The Labute approximate surface area is 73.5 Å². The van der Waals surface area contributed by atoms with Crippen molar-refractivity contribution in [1.29, 1.82) is 0 Å². The topological polar surface area (TPSA) is 46.5 Å². The molecule has 13 heavy (non-hydrogen) atoms. The van der Waals surface area contributed by atoms with Crippen molar-refractivity contribution in [1.82, 2.24) is 0 Å². The maximum absolute atomic E-state index is 12.6. The molecule has 0 aliphatic heterocycles. The molecule has 1 unspecified atom stereocenters. The van der Waals surface area contributed by atoms with Gasteiger partial charge in [0.05, 0.1) is 5.30 Å². The second-order valence-corrected chi connectivity index (χ2v) is 4.25. The predicted molar refractivity (Wildman–Crippen MR) is 42.8 cm³/mol. The van der Waals surface area contributed by atoms with E-state index in [1.54, 1.807) is 0 Å². The van der Waals surface area contributed by atoms with Gasteiger partial charge in [0.1, 0.15) is 11.6 Å². The molecular weight excluding hydrogens is 201 g/mol. The van der Waals surface area contributed by atoms with Gasteiger partial charge >= 0.3 is 7.60 Å². The summed E-state index contributed by atoms with van der Waals surface area (Å²) in [6.07, 6.45) is 0. The maximum atomic E-state index is 12.6. The summed E-state index contributed by atoms with van der Waals surface area (Å²) < 4.78 is 40.4. The molecule has 0 saturated carbocycles. The van der Waals surface area contributed by atoms with Crippen LogP contribution in [0.4, 0.5) is 8.78 Å². The standard InChI is InChI=1S/C7H7F2O3P/c1-12-13(10,11)7-3-5(8)2-6(9)4-7/h2-4H,1H3,(H,10,11). The van der Waals surface area contributed by atoms with Gasteiger partial charge in [0.2, 0.25) is 0 Å². The lowest BCUT2D eigenvalue weighted by atomic mass is 10.3. The highest BCUT2D eigenvalue weighted by molar-refractivity contribution is 7.61. The Morgan fingerprint density at radius 2 is 1.77 bits per heavy atom. The van der Waals surface area contributed by atoms with Gasteiger partial charge in [-0.15, -0.1) is 0 Å². The molecule has 0 amide bonds. The molecule has 0 saturated heterocycles. The van der Waals surface area contributed by atoms with E-state index in [2.05, 4.69) is 4.52 Å². The average molecular weight is 208 g/mol. The van der Waals surface area contributed by atoms with E-state index in [4.69, 9.17) is 4.89 Å². The van der Waals surface area contributed by atoms with Crippen molar-refractivity contribution in [3.8, 4) is 0 Å². The molecule has 1 rings (SSSR count). The first-order chi connectivity index (χ1) is 5.95. The lowest BCUT2D eigenvalue weighted by molar-refractivity contribution is 0.327. The Bertz CT molecular complexity index is 347. The monoisotopic (exact) mass is 208 g/mol. The minimum atomic E-state index is -4.06. The van der Waals surface area contributed by atoms with Crippen LogP contribution in [0.5, 0.6) is 0 Å². The zero-order valence-corrected chi connectivity index (χ0v) is 7.59. The van der Waals surface area contributed by atoms with E-state index in [0.29, 0.717) is 6.07 Å². The molecule has 1 atom stereocenters. The summed E-state index contributed by atoms with van der Waals surface area (Å²) in [6.45, 7) is 0. The van der Waals surface area contributed by atoms with E-state index in [1.807, 2.05) is 0 Å². The molecule has 0 bridgehead atoms. The molecule has 72 valence electrons. The minimum Gasteiger partial charge on any atom is -0.321 e. The third kappa shape index (κ3) is 2.34. The van der Waals surface area contributed by atoms with E-state index < -0.39 is 24.5 Å². The number of benzene rings is 1. The number of halogens is 2. The molecule has 1 aromatic carbocycles. The molecule has 0 spiro atoms. The first kappa shape index (κ1) is 10.3. The largest absolute Gasteiger partial charge is 0.358 e. The van der Waals surface area contributed by atoms with Crippen molar-refractivity contribution in [2.45, 2.75) is 0 Å². The highest BCUT2D eigenvalue weighted by Gasteiger charge is 2.22. The summed E-state index contributed by atoms with van der Waals surface area (Å²) in [6, 6.07) is 2.12. The van der Waals surface area contributed by atoms with E-state index in [9.17, 15) is 13.3 Å². The first-order valence-electron chi connectivity index (χ1n) is 3.31. The van der Waals surface area contributed by atoms with Crippen LogP contribution in [0.1, 0.15) is 0 Å². The van der Waals surface area contributed by atoms with Crippen molar-refractivity contribution in [2.24, 2.45) is 0 Å². The lowest BCUT2D eigenvalue weighted by Gasteiger charge is -2.08. The Morgan fingerprint density at radius 1 is 1.31 bits per heavy atom. The summed E-state index contributed by atoms with van der Waals surface area (Å²) in [7, 11) is -3.07. The molecule has 0 aromatic heterocycles. The van der Waals surface area contributed by atoms with Crippen molar-refractivity contribution in [3.05, 3.63) is 29.8 Å². The first-order valence-corrected chi connectivity index (χ1v) is 4.88. The van der Waals surface area contributed by atoms with Crippen molar-refractivity contribution in [3.63, 3.8) is 0 Å². The summed E-state index contributed by atoms with van der Waals surface area (Å²) in [5.74, 6) is -1.83. The van der Waals surface area contributed by atoms with Gasteiger partial charge in [0, 0.05) is 13.2 Å². The number of hydrogen-bond donors (Lipinski definition) is 1. The van der Waals surface area contributed by atoms with Crippen LogP contribution in [0.3, 0.4) is 0 Å². The third-order valence-corrected chi connectivity index (χ3v) is 2.83. The Kier molecular flexibility index (Phi) is 2.81. The van der Waals surface area contributed by atoms with Crippen LogP contribution in [0, 0.1) is 11.6 Å². The highest BCUT2D eigenvalue weighted by Crippen LogP contribution is 2.39. The second-order valence-electron chi connectivity index (χ2n) is 2.33. The van der Waals surface area contributed by atoms with Gasteiger partial charge in [-0.05, 0) is 12.1 Å². The molecule has 1 N–H and O–H groups in total. The van der Waals surface area contributed by atoms with Crippen LogP contribution < -0.4 is 5.30 Å². The Balaban J connectivity index is 3.23. The maximum Gasteiger partial charge on any atom is 0.358 e. The quantitative estimate of drug-likeness (QED) is 0.747.